The molecule has 0 unspecified atom stereocenters. The number of nitrogens with one attached hydrogen (secondary N) is 1. The van der Waals surface area contributed by atoms with E-state index in [9.17, 15) is 9.59 Å². The quantitative estimate of drug-likeness (QED) is 0.297. The van der Waals surface area contributed by atoms with Crippen LogP contribution in [0.2, 0.25) is 15.1 Å². The van der Waals surface area contributed by atoms with Gasteiger partial charge in [0.05, 0.1) is 15.7 Å². The number of amides is 2. The zero-order valence-electron chi connectivity index (χ0n) is 15.0. The van der Waals surface area contributed by atoms with Crippen LogP contribution in [0.1, 0.15) is 5.76 Å². The topological polar surface area (TPSA) is 62.6 Å². The van der Waals surface area contributed by atoms with Crippen molar-refractivity contribution >= 4 is 75.7 Å². The third kappa shape index (κ3) is 3.87. The summed E-state index contributed by atoms with van der Waals surface area (Å²) in [7, 11) is 0. The smallest absolute Gasteiger partial charge is 0.270 e. The third-order valence-electron chi connectivity index (χ3n) is 4.30. The van der Waals surface area contributed by atoms with Gasteiger partial charge in [-0.05, 0) is 54.7 Å². The van der Waals surface area contributed by atoms with Gasteiger partial charge < -0.3 is 4.42 Å². The van der Waals surface area contributed by atoms with Crippen molar-refractivity contribution in [3.63, 3.8) is 0 Å². The van der Waals surface area contributed by atoms with E-state index >= 15 is 0 Å². The lowest BCUT2D eigenvalue weighted by Gasteiger charge is -2.29. The lowest BCUT2D eigenvalue weighted by molar-refractivity contribution is -0.122. The van der Waals surface area contributed by atoms with Crippen LogP contribution in [0.4, 0.5) is 5.69 Å². The van der Waals surface area contributed by atoms with Crippen LogP contribution in [-0.2, 0) is 9.59 Å². The normalized spacial score (nSPS) is 15.6. The van der Waals surface area contributed by atoms with E-state index in [-0.39, 0.29) is 26.4 Å². The van der Waals surface area contributed by atoms with E-state index in [1.807, 2.05) is 6.07 Å². The molecule has 4 rings (SSSR count). The molecule has 3 aromatic rings. The number of carbonyl (C=O) groups is 2. The Morgan fingerprint density at radius 3 is 2.53 bits per heavy atom. The molecule has 0 saturated carbocycles. The van der Waals surface area contributed by atoms with Crippen LogP contribution in [0.3, 0.4) is 0 Å². The fourth-order valence-electron chi connectivity index (χ4n) is 2.91. The number of anilines is 1. The Hall–Kier alpha value is -2.64. The molecule has 30 heavy (non-hydrogen) atoms. The van der Waals surface area contributed by atoms with Gasteiger partial charge in [0.2, 0.25) is 0 Å². The van der Waals surface area contributed by atoms with Gasteiger partial charge in [-0.2, -0.15) is 0 Å². The molecule has 150 valence electrons. The first-order valence-electron chi connectivity index (χ1n) is 8.56. The first kappa shape index (κ1) is 20.6. The molecule has 5 nitrogen and oxygen atoms in total. The van der Waals surface area contributed by atoms with Gasteiger partial charge in [-0.15, -0.1) is 0 Å². The molecule has 1 N–H and O–H groups in total. The maximum absolute atomic E-state index is 13.1. The Kier molecular flexibility index (Phi) is 5.66. The molecule has 1 aliphatic rings. The van der Waals surface area contributed by atoms with Crippen molar-refractivity contribution in [1.29, 1.82) is 0 Å². The van der Waals surface area contributed by atoms with Gasteiger partial charge in [0, 0.05) is 10.6 Å². The second-order valence-electron chi connectivity index (χ2n) is 6.24. The van der Waals surface area contributed by atoms with Crippen molar-refractivity contribution < 1.29 is 14.0 Å². The van der Waals surface area contributed by atoms with Crippen LogP contribution < -0.4 is 10.2 Å². The fourth-order valence-corrected chi connectivity index (χ4v) is 3.76. The first-order valence-corrected chi connectivity index (χ1v) is 10.1. The molecule has 0 atom stereocenters. The predicted octanol–water partition coefficient (Wildman–Crippen LogP) is 5.74. The molecule has 1 aliphatic heterocycles. The average molecular weight is 478 g/mol. The lowest BCUT2D eigenvalue weighted by Crippen LogP contribution is -2.54. The fraction of sp³-hybridized carbons (Fsp3) is 0. The van der Waals surface area contributed by atoms with E-state index in [1.165, 1.54) is 6.08 Å². The van der Waals surface area contributed by atoms with Gasteiger partial charge in [-0.3, -0.25) is 19.8 Å². The number of rotatable bonds is 3. The number of furan rings is 1. The van der Waals surface area contributed by atoms with Crippen LogP contribution in [0.25, 0.3) is 17.4 Å². The van der Waals surface area contributed by atoms with Crippen molar-refractivity contribution in [2.24, 2.45) is 0 Å². The number of hydrogen-bond donors (Lipinski definition) is 1. The Morgan fingerprint density at radius 2 is 1.77 bits per heavy atom. The molecular formula is C21H11Cl3N2O3S. The van der Waals surface area contributed by atoms with E-state index in [1.54, 1.807) is 48.5 Å². The van der Waals surface area contributed by atoms with E-state index < -0.39 is 11.8 Å². The van der Waals surface area contributed by atoms with Gasteiger partial charge in [0.25, 0.3) is 11.8 Å². The minimum Gasteiger partial charge on any atom is -0.457 e. The summed E-state index contributed by atoms with van der Waals surface area (Å²) in [6, 6.07) is 15.3. The van der Waals surface area contributed by atoms with Crippen LogP contribution in [-0.4, -0.2) is 16.9 Å². The third-order valence-corrected chi connectivity index (χ3v) is 5.62. The highest BCUT2D eigenvalue weighted by atomic mass is 35.5. The highest BCUT2D eigenvalue weighted by Gasteiger charge is 2.36. The molecule has 0 spiro atoms. The number of nitrogens with zero attached hydrogens (tertiary/aromatic N) is 1. The summed E-state index contributed by atoms with van der Waals surface area (Å²) in [6.45, 7) is 0. The summed E-state index contributed by atoms with van der Waals surface area (Å²) in [4.78, 5) is 26.6. The second-order valence-corrected chi connectivity index (χ2v) is 7.85. The minimum absolute atomic E-state index is 0.0922. The van der Waals surface area contributed by atoms with E-state index in [4.69, 9.17) is 51.4 Å². The van der Waals surface area contributed by atoms with E-state index in [0.717, 1.165) is 10.5 Å². The largest absolute Gasteiger partial charge is 0.457 e. The van der Waals surface area contributed by atoms with Crippen molar-refractivity contribution in [2.45, 2.75) is 0 Å². The van der Waals surface area contributed by atoms with Crippen molar-refractivity contribution in [2.75, 3.05) is 4.90 Å². The molecule has 0 radical (unpaired) electrons. The van der Waals surface area contributed by atoms with Gasteiger partial charge in [0.1, 0.15) is 17.1 Å². The highest BCUT2D eigenvalue weighted by Crippen LogP contribution is 2.34. The molecule has 1 aromatic heterocycles. The monoisotopic (exact) mass is 476 g/mol. The SMILES string of the molecule is O=C1NC(=S)N(c2cccc(Cl)c2Cl)C(=O)/C1=C/c1ccc(-c2cccc(Cl)c2)o1. The van der Waals surface area contributed by atoms with Crippen LogP contribution >= 0.6 is 47.0 Å². The Bertz CT molecular complexity index is 1240. The Morgan fingerprint density at radius 1 is 1.00 bits per heavy atom. The zero-order valence-corrected chi connectivity index (χ0v) is 18.1. The summed E-state index contributed by atoms with van der Waals surface area (Å²) in [5.41, 5.74) is 0.871. The number of thiocarbonyl (C=S) groups is 1. The Labute approximate surface area is 191 Å². The molecule has 9 heteroatoms. The predicted molar refractivity (Wildman–Crippen MR) is 122 cm³/mol. The molecule has 2 amide bonds. The molecule has 2 aromatic carbocycles. The minimum atomic E-state index is -0.645. The lowest BCUT2D eigenvalue weighted by atomic mass is 10.1. The maximum Gasteiger partial charge on any atom is 0.270 e. The summed E-state index contributed by atoms with van der Waals surface area (Å²) in [5, 5.41) is 3.36. The summed E-state index contributed by atoms with van der Waals surface area (Å²) in [6.07, 6.45) is 1.35. The number of carbonyl (C=O) groups excluding carboxylic acids is 2. The number of hydrogen-bond acceptors (Lipinski definition) is 4. The summed E-state index contributed by atoms with van der Waals surface area (Å²) < 4.78 is 5.77. The van der Waals surface area contributed by atoms with Gasteiger partial charge >= 0.3 is 0 Å². The van der Waals surface area contributed by atoms with Crippen molar-refractivity contribution in [3.8, 4) is 11.3 Å². The molecule has 1 saturated heterocycles. The van der Waals surface area contributed by atoms with Crippen molar-refractivity contribution in [3.05, 3.63) is 81.0 Å². The molecule has 0 bridgehead atoms. The molecule has 2 heterocycles. The number of benzene rings is 2. The number of halogens is 3. The van der Waals surface area contributed by atoms with Gasteiger partial charge in [0.15, 0.2) is 5.11 Å². The van der Waals surface area contributed by atoms with Crippen molar-refractivity contribution in [1.82, 2.24) is 5.32 Å². The van der Waals surface area contributed by atoms with Crippen LogP contribution in [0, 0.1) is 0 Å². The molecule has 0 aliphatic carbocycles. The van der Waals surface area contributed by atoms with E-state index in [0.29, 0.717) is 16.5 Å². The molecular weight excluding hydrogens is 467 g/mol. The maximum atomic E-state index is 13.1. The van der Waals surface area contributed by atoms with Crippen LogP contribution in [0.15, 0.2) is 64.6 Å². The second kappa shape index (κ2) is 8.24. The summed E-state index contributed by atoms with van der Waals surface area (Å²) in [5.74, 6) is -0.430. The highest BCUT2D eigenvalue weighted by molar-refractivity contribution is 7.80. The van der Waals surface area contributed by atoms with Gasteiger partial charge in [-0.25, -0.2) is 0 Å². The van der Waals surface area contributed by atoms with Crippen LogP contribution in [0.5, 0.6) is 0 Å². The van der Waals surface area contributed by atoms with E-state index in [2.05, 4.69) is 5.32 Å². The standard InChI is InChI=1S/C21H11Cl3N2O3S/c22-12-4-1-3-11(9-12)17-8-7-13(29-17)10-14-19(27)25-21(30)26(20(14)28)16-6-2-5-15(23)18(16)24/h1-10H,(H,25,27,30)/b14-10+. The summed E-state index contributed by atoms with van der Waals surface area (Å²) >= 11 is 23.5. The average Bonchev–Trinajstić information content (AvgIpc) is 3.17. The molecule has 1 fully saturated rings. The first-order chi connectivity index (χ1) is 14.3. The van der Waals surface area contributed by atoms with Gasteiger partial charge in [-0.1, -0.05) is 53.0 Å². The Balaban J connectivity index is 1.71. The zero-order chi connectivity index (χ0) is 21.4.